The van der Waals surface area contributed by atoms with Crippen molar-refractivity contribution in [3.8, 4) is 0 Å². The van der Waals surface area contributed by atoms with Crippen LogP contribution >= 0.6 is 11.3 Å². The molecule has 0 aliphatic carbocycles. The summed E-state index contributed by atoms with van der Waals surface area (Å²) in [5.74, 6) is -0.996. The first-order valence-corrected chi connectivity index (χ1v) is 7.56. The summed E-state index contributed by atoms with van der Waals surface area (Å²) in [6.07, 6.45) is 3.41. The fourth-order valence-corrected chi connectivity index (χ4v) is 2.74. The van der Waals surface area contributed by atoms with Crippen LogP contribution in [-0.2, 0) is 6.42 Å². The molecule has 0 saturated carbocycles. The minimum Gasteiger partial charge on any atom is -0.310 e. The van der Waals surface area contributed by atoms with Crippen LogP contribution in [0.5, 0.6) is 0 Å². The van der Waals surface area contributed by atoms with Crippen molar-refractivity contribution in [3.05, 3.63) is 51.5 Å². The molecule has 1 atom stereocenters. The van der Waals surface area contributed by atoms with Gasteiger partial charge in [0, 0.05) is 35.2 Å². The van der Waals surface area contributed by atoms with Gasteiger partial charge in [-0.2, -0.15) is 0 Å². The van der Waals surface area contributed by atoms with Gasteiger partial charge in [-0.3, -0.25) is 4.98 Å². The van der Waals surface area contributed by atoms with Crippen LogP contribution < -0.4 is 5.32 Å². The largest absolute Gasteiger partial charge is 0.310 e. The number of aromatic nitrogens is 1. The van der Waals surface area contributed by atoms with Crippen molar-refractivity contribution in [2.24, 2.45) is 0 Å². The number of aryl methyl sites for hydroxylation is 1. The zero-order valence-electron chi connectivity index (χ0n) is 11.6. The van der Waals surface area contributed by atoms with E-state index in [4.69, 9.17) is 0 Å². The van der Waals surface area contributed by atoms with Crippen molar-refractivity contribution in [3.63, 3.8) is 0 Å². The predicted octanol–water partition coefficient (Wildman–Crippen LogP) is 4.01. The second-order valence-corrected chi connectivity index (χ2v) is 5.77. The molecular formula is C15H18F2N2S. The molecule has 1 aromatic heterocycles. The summed E-state index contributed by atoms with van der Waals surface area (Å²) in [4.78, 5) is 5.12. The van der Waals surface area contributed by atoms with Gasteiger partial charge in [0.15, 0.2) is 0 Å². The monoisotopic (exact) mass is 296 g/mol. The summed E-state index contributed by atoms with van der Waals surface area (Å²) < 4.78 is 27.4. The van der Waals surface area contributed by atoms with Crippen molar-refractivity contribution in [1.82, 2.24) is 10.3 Å². The summed E-state index contributed by atoms with van der Waals surface area (Å²) in [5, 5.41) is 3.33. The zero-order chi connectivity index (χ0) is 14.5. The van der Waals surface area contributed by atoms with E-state index in [0.717, 1.165) is 23.9 Å². The van der Waals surface area contributed by atoms with E-state index < -0.39 is 11.6 Å². The average molecular weight is 296 g/mol. The van der Waals surface area contributed by atoms with Gasteiger partial charge in [0.05, 0.1) is 5.51 Å². The van der Waals surface area contributed by atoms with Gasteiger partial charge in [0.1, 0.15) is 11.6 Å². The second-order valence-electron chi connectivity index (χ2n) is 4.80. The highest BCUT2D eigenvalue weighted by Gasteiger charge is 2.18. The fraction of sp³-hybridized carbons (Fsp3) is 0.400. The minimum atomic E-state index is -0.502. The molecule has 1 N–H and O–H groups in total. The van der Waals surface area contributed by atoms with Crippen molar-refractivity contribution in [2.45, 2.75) is 32.7 Å². The van der Waals surface area contributed by atoms with Crippen LogP contribution in [0.25, 0.3) is 0 Å². The second kappa shape index (κ2) is 6.90. The summed E-state index contributed by atoms with van der Waals surface area (Å²) in [6, 6.07) is 2.41. The van der Waals surface area contributed by atoms with Gasteiger partial charge in [0.2, 0.25) is 0 Å². The molecule has 0 saturated heterocycles. The number of hydrogen-bond donors (Lipinski definition) is 1. The molecule has 1 heterocycles. The Bertz CT molecular complexity index is 555. The Kier molecular flexibility index (Phi) is 5.20. The molecule has 5 heteroatoms. The van der Waals surface area contributed by atoms with E-state index in [-0.39, 0.29) is 6.04 Å². The molecule has 0 bridgehead atoms. The van der Waals surface area contributed by atoms with E-state index in [1.54, 1.807) is 36.0 Å². The molecule has 2 rings (SSSR count). The Morgan fingerprint density at radius 1 is 1.30 bits per heavy atom. The maximum Gasteiger partial charge on any atom is 0.130 e. The Balaban J connectivity index is 2.27. The summed E-state index contributed by atoms with van der Waals surface area (Å²) >= 11 is 1.54. The standard InChI is InChI=1S/C15H18F2N2S/c1-3-4-19-15(6-11-8-18-9-20-11)12-5-10(2)13(16)7-14(12)17/h5,7-9,15,19H,3-4,6H2,1-2H3. The quantitative estimate of drug-likeness (QED) is 0.871. The molecule has 1 aromatic carbocycles. The van der Waals surface area contributed by atoms with Gasteiger partial charge in [-0.1, -0.05) is 6.92 Å². The predicted molar refractivity (Wildman–Crippen MR) is 77.9 cm³/mol. The number of halogens is 2. The normalized spacial score (nSPS) is 12.6. The third-order valence-electron chi connectivity index (χ3n) is 3.18. The van der Waals surface area contributed by atoms with E-state index in [1.165, 1.54) is 0 Å². The minimum absolute atomic E-state index is 0.158. The molecule has 1 unspecified atom stereocenters. The number of rotatable bonds is 6. The lowest BCUT2D eigenvalue weighted by atomic mass is 10.00. The van der Waals surface area contributed by atoms with Crippen LogP contribution in [-0.4, -0.2) is 11.5 Å². The molecule has 0 radical (unpaired) electrons. The molecule has 2 nitrogen and oxygen atoms in total. The molecule has 108 valence electrons. The Hall–Kier alpha value is -1.33. The number of benzene rings is 1. The van der Waals surface area contributed by atoms with E-state index in [0.29, 0.717) is 17.5 Å². The van der Waals surface area contributed by atoms with Crippen molar-refractivity contribution < 1.29 is 8.78 Å². The Labute approximate surface area is 121 Å². The maximum absolute atomic E-state index is 14.0. The van der Waals surface area contributed by atoms with Crippen LogP contribution in [0.15, 0.2) is 23.8 Å². The zero-order valence-corrected chi connectivity index (χ0v) is 12.4. The topological polar surface area (TPSA) is 24.9 Å². The third-order valence-corrected chi connectivity index (χ3v) is 3.98. The van der Waals surface area contributed by atoms with E-state index in [9.17, 15) is 8.78 Å². The molecule has 0 aliphatic rings. The number of hydrogen-bond acceptors (Lipinski definition) is 3. The van der Waals surface area contributed by atoms with Crippen LogP contribution in [0, 0.1) is 18.6 Å². The average Bonchev–Trinajstić information content (AvgIpc) is 2.92. The van der Waals surface area contributed by atoms with Gasteiger partial charge in [0.25, 0.3) is 0 Å². The fourth-order valence-electron chi connectivity index (χ4n) is 2.10. The SMILES string of the molecule is CCCNC(Cc1cncs1)c1cc(C)c(F)cc1F. The van der Waals surface area contributed by atoms with E-state index in [1.807, 2.05) is 0 Å². The molecule has 2 aromatic rings. The first-order chi connectivity index (χ1) is 9.61. The van der Waals surface area contributed by atoms with E-state index in [2.05, 4.69) is 17.2 Å². The van der Waals surface area contributed by atoms with Crippen LogP contribution in [0.2, 0.25) is 0 Å². The lowest BCUT2D eigenvalue weighted by Crippen LogP contribution is -2.25. The Morgan fingerprint density at radius 2 is 2.10 bits per heavy atom. The molecular weight excluding hydrogens is 278 g/mol. The summed E-state index contributed by atoms with van der Waals surface area (Å²) in [5.41, 5.74) is 2.75. The third kappa shape index (κ3) is 3.61. The smallest absolute Gasteiger partial charge is 0.130 e. The summed E-state index contributed by atoms with van der Waals surface area (Å²) in [6.45, 7) is 4.50. The van der Waals surface area contributed by atoms with Gasteiger partial charge in [-0.15, -0.1) is 11.3 Å². The van der Waals surface area contributed by atoms with Crippen molar-refractivity contribution in [1.29, 1.82) is 0 Å². The highest BCUT2D eigenvalue weighted by Crippen LogP contribution is 2.25. The van der Waals surface area contributed by atoms with Gasteiger partial charge >= 0.3 is 0 Å². The van der Waals surface area contributed by atoms with Gasteiger partial charge in [-0.05, 0) is 31.5 Å². The van der Waals surface area contributed by atoms with Crippen molar-refractivity contribution in [2.75, 3.05) is 6.54 Å². The van der Waals surface area contributed by atoms with Crippen molar-refractivity contribution >= 4 is 11.3 Å². The lowest BCUT2D eigenvalue weighted by molar-refractivity contribution is 0.491. The lowest BCUT2D eigenvalue weighted by Gasteiger charge is -2.19. The molecule has 0 spiro atoms. The van der Waals surface area contributed by atoms with Gasteiger partial charge < -0.3 is 5.32 Å². The molecule has 0 amide bonds. The molecule has 20 heavy (non-hydrogen) atoms. The van der Waals surface area contributed by atoms with Crippen LogP contribution in [0.1, 0.15) is 35.4 Å². The van der Waals surface area contributed by atoms with Crippen LogP contribution in [0.4, 0.5) is 8.78 Å². The first-order valence-electron chi connectivity index (χ1n) is 6.68. The number of nitrogens with one attached hydrogen (secondary N) is 1. The highest BCUT2D eigenvalue weighted by atomic mass is 32.1. The van der Waals surface area contributed by atoms with E-state index >= 15 is 0 Å². The van der Waals surface area contributed by atoms with Crippen LogP contribution in [0.3, 0.4) is 0 Å². The first kappa shape index (κ1) is 15.1. The molecule has 0 fully saturated rings. The maximum atomic E-state index is 14.0. The summed E-state index contributed by atoms with van der Waals surface area (Å²) in [7, 11) is 0. The molecule has 0 aliphatic heterocycles. The Morgan fingerprint density at radius 3 is 2.75 bits per heavy atom. The highest BCUT2D eigenvalue weighted by molar-refractivity contribution is 7.09. The number of thiazole rings is 1. The number of nitrogens with zero attached hydrogens (tertiary/aromatic N) is 1. The van der Waals surface area contributed by atoms with Gasteiger partial charge in [-0.25, -0.2) is 8.78 Å².